The highest BCUT2D eigenvalue weighted by Gasteiger charge is 2.42. The zero-order chi connectivity index (χ0) is 11.2. The molecule has 1 amide bonds. The predicted molar refractivity (Wildman–Crippen MR) is 59.3 cm³/mol. The molecular formula is C10H11BrN2O2. The van der Waals surface area contributed by atoms with Crippen molar-refractivity contribution in [2.75, 3.05) is 5.32 Å². The summed E-state index contributed by atoms with van der Waals surface area (Å²) in [5.41, 5.74) is -0.177. The average molecular weight is 271 g/mol. The molecule has 1 aromatic rings. The van der Waals surface area contributed by atoms with E-state index >= 15 is 0 Å². The lowest BCUT2D eigenvalue weighted by Crippen LogP contribution is -2.41. The minimum atomic E-state index is -0.828. The van der Waals surface area contributed by atoms with E-state index in [-0.39, 0.29) is 5.91 Å². The number of nitrogens with one attached hydrogen (secondary N) is 1. The molecule has 0 bridgehead atoms. The van der Waals surface area contributed by atoms with Gasteiger partial charge in [-0.3, -0.25) is 4.79 Å². The van der Waals surface area contributed by atoms with Crippen molar-refractivity contribution in [3.05, 3.63) is 22.3 Å². The smallest absolute Gasteiger partial charge is 0.234 e. The number of aromatic nitrogens is 1. The summed E-state index contributed by atoms with van der Waals surface area (Å²) in [6.45, 7) is 3.41. The van der Waals surface area contributed by atoms with Crippen LogP contribution in [-0.4, -0.2) is 16.0 Å². The van der Waals surface area contributed by atoms with Gasteiger partial charge in [0.1, 0.15) is 5.82 Å². The molecular weight excluding hydrogens is 260 g/mol. The molecule has 1 aromatic heterocycles. The van der Waals surface area contributed by atoms with Gasteiger partial charge in [-0.25, -0.2) is 4.98 Å². The van der Waals surface area contributed by atoms with E-state index < -0.39 is 11.5 Å². The van der Waals surface area contributed by atoms with Crippen LogP contribution >= 0.6 is 15.9 Å². The van der Waals surface area contributed by atoms with E-state index in [0.717, 1.165) is 4.47 Å². The van der Waals surface area contributed by atoms with E-state index in [1.165, 1.54) is 0 Å². The number of carbonyl (C=O) groups is 1. The van der Waals surface area contributed by atoms with Crippen LogP contribution in [0.1, 0.15) is 25.5 Å². The van der Waals surface area contributed by atoms with Gasteiger partial charge >= 0.3 is 0 Å². The highest BCUT2D eigenvalue weighted by atomic mass is 79.9. The van der Waals surface area contributed by atoms with E-state index in [2.05, 4.69) is 26.2 Å². The Balaban J connectivity index is 2.57. The molecule has 1 atom stereocenters. The average Bonchev–Trinajstić information content (AvgIpc) is 2.17. The first-order valence-corrected chi connectivity index (χ1v) is 5.37. The minimum absolute atomic E-state index is 0.211. The van der Waals surface area contributed by atoms with Crippen molar-refractivity contribution in [1.29, 1.82) is 0 Å². The molecule has 5 heteroatoms. The minimum Gasteiger partial charge on any atom is -0.387 e. The summed E-state index contributed by atoms with van der Waals surface area (Å²) in [6.07, 6.45) is 0.760. The molecule has 1 aliphatic heterocycles. The topological polar surface area (TPSA) is 62.2 Å². The van der Waals surface area contributed by atoms with Crippen molar-refractivity contribution in [2.45, 2.75) is 20.0 Å². The number of aliphatic hydroxyl groups excluding tert-OH is 1. The van der Waals surface area contributed by atoms with Gasteiger partial charge in [-0.1, -0.05) is 0 Å². The van der Waals surface area contributed by atoms with Gasteiger partial charge in [-0.05, 0) is 35.8 Å². The fraction of sp³-hybridized carbons (Fsp3) is 0.400. The van der Waals surface area contributed by atoms with Crippen molar-refractivity contribution in [2.24, 2.45) is 5.41 Å². The van der Waals surface area contributed by atoms with Gasteiger partial charge in [-0.2, -0.15) is 0 Å². The van der Waals surface area contributed by atoms with Crippen LogP contribution in [0, 0.1) is 5.41 Å². The van der Waals surface area contributed by atoms with E-state index in [1.54, 1.807) is 26.1 Å². The van der Waals surface area contributed by atoms with Crippen molar-refractivity contribution >= 4 is 27.7 Å². The van der Waals surface area contributed by atoms with Crippen LogP contribution in [0.4, 0.5) is 5.82 Å². The first-order valence-electron chi connectivity index (χ1n) is 4.58. The summed E-state index contributed by atoms with van der Waals surface area (Å²) in [5, 5.41) is 12.7. The molecule has 15 heavy (non-hydrogen) atoms. The quantitative estimate of drug-likeness (QED) is 0.757. The van der Waals surface area contributed by atoms with Crippen LogP contribution in [0.2, 0.25) is 0 Å². The van der Waals surface area contributed by atoms with Gasteiger partial charge in [-0.15, -0.1) is 0 Å². The van der Waals surface area contributed by atoms with Gasteiger partial charge in [0.05, 0.1) is 11.5 Å². The number of carbonyl (C=O) groups excluding carboxylic acids is 1. The first kappa shape index (κ1) is 10.6. The monoisotopic (exact) mass is 270 g/mol. The number of hydrogen-bond acceptors (Lipinski definition) is 3. The molecule has 80 valence electrons. The number of anilines is 1. The molecule has 2 heterocycles. The number of fused-ring (bicyclic) bond motifs is 1. The molecule has 2 N–H and O–H groups in total. The van der Waals surface area contributed by atoms with Crippen molar-refractivity contribution in [3.63, 3.8) is 0 Å². The van der Waals surface area contributed by atoms with E-state index in [9.17, 15) is 9.90 Å². The lowest BCUT2D eigenvalue weighted by molar-refractivity contribution is -0.131. The van der Waals surface area contributed by atoms with Crippen LogP contribution < -0.4 is 5.32 Å². The fourth-order valence-corrected chi connectivity index (χ4v) is 1.90. The van der Waals surface area contributed by atoms with Gasteiger partial charge in [0.25, 0.3) is 0 Å². The standard InChI is InChI=1S/C10H11BrN2O2/c1-10(2)7(14)6-3-5(11)4-12-8(6)13-9(10)15/h3-4,7,14H,1-2H3,(H,12,13,15). The SMILES string of the molecule is CC1(C)C(=O)Nc2ncc(Br)cc2C1O. The number of amides is 1. The molecule has 0 spiro atoms. The number of hydrogen-bond donors (Lipinski definition) is 2. The lowest BCUT2D eigenvalue weighted by Gasteiger charge is -2.34. The van der Waals surface area contributed by atoms with Crippen LogP contribution in [0.3, 0.4) is 0 Å². The maximum Gasteiger partial charge on any atom is 0.234 e. The molecule has 4 nitrogen and oxygen atoms in total. The Morgan fingerprint density at radius 1 is 1.60 bits per heavy atom. The van der Waals surface area contributed by atoms with Gasteiger partial charge in [0, 0.05) is 16.2 Å². The Kier molecular flexibility index (Phi) is 2.31. The van der Waals surface area contributed by atoms with Crippen LogP contribution in [0.15, 0.2) is 16.7 Å². The Labute approximate surface area is 95.8 Å². The highest BCUT2D eigenvalue weighted by Crippen LogP contribution is 2.41. The Morgan fingerprint density at radius 2 is 2.27 bits per heavy atom. The maximum absolute atomic E-state index is 11.7. The zero-order valence-corrected chi connectivity index (χ0v) is 10.00. The molecule has 1 aliphatic rings. The largest absolute Gasteiger partial charge is 0.387 e. The Morgan fingerprint density at radius 3 is 2.93 bits per heavy atom. The first-order chi connectivity index (χ1) is 6.93. The molecule has 0 saturated heterocycles. The van der Waals surface area contributed by atoms with E-state index in [4.69, 9.17) is 0 Å². The number of nitrogens with zero attached hydrogens (tertiary/aromatic N) is 1. The summed E-state index contributed by atoms with van der Waals surface area (Å²) in [4.78, 5) is 15.7. The molecule has 0 aromatic carbocycles. The summed E-state index contributed by atoms with van der Waals surface area (Å²) >= 11 is 3.28. The third-order valence-corrected chi connectivity index (χ3v) is 3.11. The van der Waals surface area contributed by atoms with E-state index in [1.807, 2.05) is 0 Å². The molecule has 2 rings (SSSR count). The Bertz CT molecular complexity index is 431. The van der Waals surface area contributed by atoms with Crippen LogP contribution in [0.5, 0.6) is 0 Å². The highest BCUT2D eigenvalue weighted by molar-refractivity contribution is 9.10. The second-order valence-corrected chi connectivity index (χ2v) is 5.09. The van der Waals surface area contributed by atoms with Crippen molar-refractivity contribution in [1.82, 2.24) is 4.98 Å². The number of pyridine rings is 1. The maximum atomic E-state index is 11.7. The molecule has 0 radical (unpaired) electrons. The number of rotatable bonds is 0. The van der Waals surface area contributed by atoms with Gasteiger partial charge in [0.15, 0.2) is 0 Å². The fourth-order valence-electron chi connectivity index (χ4n) is 1.55. The summed E-state index contributed by atoms with van der Waals surface area (Å²) in [5.74, 6) is 0.229. The molecule has 0 aliphatic carbocycles. The van der Waals surface area contributed by atoms with Crippen LogP contribution in [0.25, 0.3) is 0 Å². The summed E-state index contributed by atoms with van der Waals surface area (Å²) < 4.78 is 0.784. The number of aliphatic hydroxyl groups is 1. The van der Waals surface area contributed by atoms with Crippen LogP contribution in [-0.2, 0) is 4.79 Å². The second kappa shape index (κ2) is 3.28. The molecule has 0 saturated carbocycles. The normalized spacial score (nSPS) is 23.2. The summed E-state index contributed by atoms with van der Waals surface area (Å²) in [7, 11) is 0. The van der Waals surface area contributed by atoms with Gasteiger partial charge in [0.2, 0.25) is 5.91 Å². The van der Waals surface area contributed by atoms with E-state index in [0.29, 0.717) is 11.4 Å². The predicted octanol–water partition coefficient (Wildman–Crippen LogP) is 1.86. The third-order valence-electron chi connectivity index (χ3n) is 2.68. The molecule has 0 fully saturated rings. The second-order valence-electron chi connectivity index (χ2n) is 4.17. The van der Waals surface area contributed by atoms with Gasteiger partial charge < -0.3 is 10.4 Å². The molecule has 1 unspecified atom stereocenters. The van der Waals surface area contributed by atoms with Crippen molar-refractivity contribution < 1.29 is 9.90 Å². The van der Waals surface area contributed by atoms with Crippen molar-refractivity contribution in [3.8, 4) is 0 Å². The number of halogens is 1. The zero-order valence-electron chi connectivity index (χ0n) is 8.41. The third kappa shape index (κ3) is 1.55. The Hall–Kier alpha value is -0.940. The summed E-state index contributed by atoms with van der Waals surface area (Å²) in [6, 6.07) is 1.77. The lowest BCUT2D eigenvalue weighted by atomic mass is 9.79.